The van der Waals surface area contributed by atoms with Crippen molar-refractivity contribution in [3.05, 3.63) is 59.8 Å². The van der Waals surface area contributed by atoms with E-state index in [4.69, 9.17) is 0 Å². The molecule has 0 saturated carbocycles. The van der Waals surface area contributed by atoms with E-state index >= 15 is 0 Å². The molecule has 156 valence electrons. The number of anilines is 3. The molecule has 3 heterocycles. The van der Waals surface area contributed by atoms with E-state index in [1.807, 2.05) is 48.1 Å². The van der Waals surface area contributed by atoms with Gasteiger partial charge in [-0.15, -0.1) is 0 Å². The van der Waals surface area contributed by atoms with Gasteiger partial charge < -0.3 is 15.5 Å². The first kappa shape index (κ1) is 19.8. The molecule has 3 aromatic rings. The maximum Gasteiger partial charge on any atom is 0.246 e. The van der Waals surface area contributed by atoms with Crippen LogP contribution in [0.2, 0.25) is 0 Å². The summed E-state index contributed by atoms with van der Waals surface area (Å²) in [6.07, 6.45) is 7.22. The van der Waals surface area contributed by atoms with Crippen LogP contribution >= 0.6 is 0 Å². The van der Waals surface area contributed by atoms with Gasteiger partial charge in [0.2, 0.25) is 11.9 Å². The van der Waals surface area contributed by atoms with Gasteiger partial charge in [-0.2, -0.15) is 10.1 Å². The van der Waals surface area contributed by atoms with Crippen LogP contribution < -0.4 is 15.5 Å². The van der Waals surface area contributed by atoms with Gasteiger partial charge >= 0.3 is 0 Å². The molecule has 1 aromatic carbocycles. The minimum atomic E-state index is -0.284. The van der Waals surface area contributed by atoms with Gasteiger partial charge in [0.05, 0.1) is 12.4 Å². The number of hydrogen-bond acceptors (Lipinski definition) is 6. The van der Waals surface area contributed by atoms with E-state index in [0.29, 0.717) is 24.0 Å². The van der Waals surface area contributed by atoms with Crippen molar-refractivity contribution in [3.63, 3.8) is 0 Å². The Labute approximate surface area is 174 Å². The fourth-order valence-corrected chi connectivity index (χ4v) is 3.31. The number of nitrogens with one attached hydrogen (secondary N) is 2. The molecule has 8 nitrogen and oxygen atoms in total. The molecule has 0 fully saturated rings. The molecule has 1 atom stereocenters. The molecule has 0 unspecified atom stereocenters. The number of amides is 1. The topological polar surface area (TPSA) is 88.0 Å². The van der Waals surface area contributed by atoms with Crippen LogP contribution in [-0.4, -0.2) is 38.7 Å². The van der Waals surface area contributed by atoms with Crippen molar-refractivity contribution in [2.45, 2.75) is 38.9 Å². The average Bonchev–Trinajstić information content (AvgIpc) is 3.20. The van der Waals surface area contributed by atoms with E-state index in [1.165, 1.54) is 12.1 Å². The van der Waals surface area contributed by atoms with Gasteiger partial charge in [0, 0.05) is 31.9 Å². The quantitative estimate of drug-likeness (QED) is 0.624. The van der Waals surface area contributed by atoms with Crippen molar-refractivity contribution < 1.29 is 9.18 Å². The third-order valence-corrected chi connectivity index (χ3v) is 5.22. The number of halogens is 1. The van der Waals surface area contributed by atoms with Gasteiger partial charge in [-0.1, -0.05) is 12.1 Å². The van der Waals surface area contributed by atoms with Crippen molar-refractivity contribution in [2.24, 2.45) is 0 Å². The molecule has 0 spiro atoms. The number of benzene rings is 1. The maximum atomic E-state index is 13.0. The highest BCUT2D eigenvalue weighted by Crippen LogP contribution is 2.28. The van der Waals surface area contributed by atoms with Crippen LogP contribution in [0.25, 0.3) is 0 Å². The molecule has 1 amide bonds. The molecule has 2 aromatic heterocycles. The number of carbonyl (C=O) groups excluding carboxylic acids is 1. The SMILES string of the molecule is C[C@H]1C(=O)Nc2cnc(NCc3cnn(CCCc4ccc(F)cc4)c3)nc2N1C. The van der Waals surface area contributed by atoms with Crippen molar-refractivity contribution in [1.29, 1.82) is 0 Å². The summed E-state index contributed by atoms with van der Waals surface area (Å²) in [5.74, 6) is 0.905. The van der Waals surface area contributed by atoms with Crippen LogP contribution in [0.1, 0.15) is 24.5 Å². The van der Waals surface area contributed by atoms with Crippen LogP contribution in [0.5, 0.6) is 0 Å². The molecular formula is C21H24FN7O. The third-order valence-electron chi connectivity index (χ3n) is 5.22. The highest BCUT2D eigenvalue weighted by molar-refractivity contribution is 6.02. The number of aryl methyl sites for hydroxylation is 2. The normalized spacial score (nSPS) is 15.6. The molecule has 30 heavy (non-hydrogen) atoms. The first-order valence-electron chi connectivity index (χ1n) is 9.90. The zero-order chi connectivity index (χ0) is 21.1. The Hall–Kier alpha value is -3.49. The summed E-state index contributed by atoms with van der Waals surface area (Å²) in [4.78, 5) is 22.5. The number of rotatable bonds is 7. The fraction of sp³-hybridized carbons (Fsp3) is 0.333. The zero-order valence-electron chi connectivity index (χ0n) is 17.0. The standard InChI is InChI=1S/C21H24FN7O/c1-14-20(30)26-18-12-24-21(27-19(18)28(14)2)23-10-16-11-25-29(13-16)9-3-4-15-5-7-17(22)8-6-15/h5-8,11-14H,3-4,9-10H2,1-2H3,(H,26,30)(H,23,24,27)/t14-/m0/s1. The van der Waals surface area contributed by atoms with Crippen LogP contribution in [0.15, 0.2) is 42.9 Å². The van der Waals surface area contributed by atoms with E-state index in [2.05, 4.69) is 25.7 Å². The Morgan fingerprint density at radius 3 is 2.80 bits per heavy atom. The van der Waals surface area contributed by atoms with Crippen molar-refractivity contribution in [3.8, 4) is 0 Å². The van der Waals surface area contributed by atoms with Gasteiger partial charge in [0.25, 0.3) is 0 Å². The molecule has 4 rings (SSSR count). The monoisotopic (exact) mass is 409 g/mol. The maximum absolute atomic E-state index is 13.0. The van der Waals surface area contributed by atoms with Crippen LogP contribution in [0, 0.1) is 5.82 Å². The smallest absolute Gasteiger partial charge is 0.246 e. The summed E-state index contributed by atoms with van der Waals surface area (Å²) in [5, 5.41) is 10.4. The zero-order valence-corrected chi connectivity index (χ0v) is 17.0. The summed E-state index contributed by atoms with van der Waals surface area (Å²) in [7, 11) is 1.84. The second kappa shape index (κ2) is 8.48. The molecule has 0 saturated heterocycles. The Bertz CT molecular complexity index is 1030. The van der Waals surface area contributed by atoms with E-state index in [-0.39, 0.29) is 17.8 Å². The van der Waals surface area contributed by atoms with Crippen molar-refractivity contribution in [1.82, 2.24) is 19.7 Å². The van der Waals surface area contributed by atoms with Crippen molar-refractivity contribution >= 4 is 23.4 Å². The second-order valence-corrected chi connectivity index (χ2v) is 7.40. The van der Waals surface area contributed by atoms with E-state index < -0.39 is 0 Å². The molecule has 0 aliphatic carbocycles. The summed E-state index contributed by atoms with van der Waals surface area (Å²) in [6.45, 7) is 3.16. The highest BCUT2D eigenvalue weighted by Gasteiger charge is 2.28. The Morgan fingerprint density at radius 1 is 1.20 bits per heavy atom. The third kappa shape index (κ3) is 4.40. The first-order valence-corrected chi connectivity index (χ1v) is 9.90. The predicted molar refractivity (Wildman–Crippen MR) is 113 cm³/mol. The van der Waals surface area contributed by atoms with Crippen LogP contribution in [0.4, 0.5) is 21.8 Å². The van der Waals surface area contributed by atoms with Crippen LogP contribution in [-0.2, 0) is 24.3 Å². The predicted octanol–water partition coefficient (Wildman–Crippen LogP) is 2.83. The van der Waals surface area contributed by atoms with E-state index in [9.17, 15) is 9.18 Å². The van der Waals surface area contributed by atoms with Crippen LogP contribution in [0.3, 0.4) is 0 Å². The molecule has 9 heteroatoms. The number of nitrogens with zero attached hydrogens (tertiary/aromatic N) is 5. The number of aromatic nitrogens is 4. The highest BCUT2D eigenvalue weighted by atomic mass is 19.1. The Kier molecular flexibility index (Phi) is 5.60. The molecule has 0 radical (unpaired) electrons. The van der Waals surface area contributed by atoms with Gasteiger partial charge in [0.1, 0.15) is 17.5 Å². The Balaban J connectivity index is 1.30. The summed E-state index contributed by atoms with van der Waals surface area (Å²) in [6, 6.07) is 6.32. The average molecular weight is 409 g/mol. The lowest BCUT2D eigenvalue weighted by atomic mass is 10.1. The van der Waals surface area contributed by atoms with Gasteiger partial charge in [-0.05, 0) is 37.5 Å². The Morgan fingerprint density at radius 2 is 2.00 bits per heavy atom. The van der Waals surface area contributed by atoms with Crippen molar-refractivity contribution in [2.75, 3.05) is 22.6 Å². The summed E-state index contributed by atoms with van der Waals surface area (Å²) >= 11 is 0. The lowest BCUT2D eigenvalue weighted by Crippen LogP contribution is -2.44. The molecule has 1 aliphatic rings. The summed E-state index contributed by atoms with van der Waals surface area (Å²) < 4.78 is 14.9. The number of likely N-dealkylation sites (N-methyl/N-ethyl adjacent to an activating group) is 1. The largest absolute Gasteiger partial charge is 0.350 e. The lowest BCUT2D eigenvalue weighted by Gasteiger charge is -2.31. The fourth-order valence-electron chi connectivity index (χ4n) is 3.31. The lowest BCUT2D eigenvalue weighted by molar-refractivity contribution is -0.117. The minimum Gasteiger partial charge on any atom is -0.350 e. The van der Waals surface area contributed by atoms with E-state index in [0.717, 1.165) is 30.5 Å². The van der Waals surface area contributed by atoms with E-state index in [1.54, 1.807) is 6.20 Å². The number of carbonyl (C=O) groups is 1. The second-order valence-electron chi connectivity index (χ2n) is 7.40. The minimum absolute atomic E-state index is 0.0684. The molecular weight excluding hydrogens is 385 g/mol. The number of fused-ring (bicyclic) bond motifs is 1. The first-order chi connectivity index (χ1) is 14.5. The molecule has 2 N–H and O–H groups in total. The van der Waals surface area contributed by atoms with Gasteiger partial charge in [-0.3, -0.25) is 9.48 Å². The molecule has 0 bridgehead atoms. The molecule has 1 aliphatic heterocycles. The van der Waals surface area contributed by atoms with Gasteiger partial charge in [0.15, 0.2) is 5.82 Å². The summed E-state index contributed by atoms with van der Waals surface area (Å²) in [5.41, 5.74) is 2.75. The van der Waals surface area contributed by atoms with Gasteiger partial charge in [-0.25, -0.2) is 9.37 Å². The number of hydrogen-bond donors (Lipinski definition) is 2.